The molecule has 0 aliphatic carbocycles. The minimum atomic E-state index is -0.587. The molecule has 164 valence electrons. The molecule has 1 aromatic carbocycles. The van der Waals surface area contributed by atoms with E-state index in [1.165, 1.54) is 48.0 Å². The maximum atomic E-state index is 13.0. The number of amides is 1. The molecule has 2 aromatic heterocycles. The van der Waals surface area contributed by atoms with Crippen molar-refractivity contribution in [2.45, 2.75) is 13.1 Å². The van der Waals surface area contributed by atoms with Gasteiger partial charge in [-0.25, -0.2) is 4.98 Å². The quantitative estimate of drug-likeness (QED) is 0.471. The van der Waals surface area contributed by atoms with Crippen molar-refractivity contribution >= 4 is 22.9 Å². The molecule has 2 heterocycles. The topological polar surface area (TPSA) is 118 Å². The average Bonchev–Trinajstić information content (AvgIpc) is 3.15. The Morgan fingerprint density at radius 2 is 1.77 bits per heavy atom. The summed E-state index contributed by atoms with van der Waals surface area (Å²) in [6.07, 6.45) is 2.69. The van der Waals surface area contributed by atoms with Crippen LogP contribution >= 0.6 is 0 Å². The molecule has 0 radical (unpaired) electrons. The molecule has 0 N–H and O–H groups in total. The summed E-state index contributed by atoms with van der Waals surface area (Å²) in [6, 6.07) is 5.16. The van der Waals surface area contributed by atoms with Gasteiger partial charge in [0.2, 0.25) is 5.91 Å². The number of carbonyl (C=O) groups is 2. The summed E-state index contributed by atoms with van der Waals surface area (Å²) in [6.45, 7) is -0.500. The molecule has 31 heavy (non-hydrogen) atoms. The summed E-state index contributed by atoms with van der Waals surface area (Å²) >= 11 is 0. The summed E-state index contributed by atoms with van der Waals surface area (Å²) in [5, 5.41) is 4.31. The van der Waals surface area contributed by atoms with Gasteiger partial charge in [-0.15, -0.1) is 0 Å². The van der Waals surface area contributed by atoms with Gasteiger partial charge in [0.05, 0.1) is 27.5 Å². The van der Waals surface area contributed by atoms with Gasteiger partial charge in [-0.2, -0.15) is 5.10 Å². The number of rotatable bonds is 8. The molecule has 0 unspecified atom stereocenters. The normalized spacial score (nSPS) is 10.7. The van der Waals surface area contributed by atoms with Crippen LogP contribution in [0.15, 0.2) is 35.5 Å². The molecule has 1 amide bonds. The fourth-order valence-corrected chi connectivity index (χ4v) is 3.06. The molecule has 0 aliphatic rings. The molecule has 11 heteroatoms. The molecule has 0 spiro atoms. The molecule has 3 rings (SSSR count). The number of carbonyl (C=O) groups excluding carboxylic acids is 2. The molecule has 0 aliphatic heterocycles. The minimum absolute atomic E-state index is 0.0822. The molecule has 0 saturated heterocycles. The fourth-order valence-electron chi connectivity index (χ4n) is 3.06. The monoisotopic (exact) mass is 429 g/mol. The number of fused-ring (bicyclic) bond motifs is 1. The van der Waals surface area contributed by atoms with Crippen molar-refractivity contribution in [1.82, 2.24) is 24.2 Å². The molecule has 3 aromatic rings. The van der Waals surface area contributed by atoms with Gasteiger partial charge in [0, 0.05) is 19.7 Å². The molecule has 0 bridgehead atoms. The van der Waals surface area contributed by atoms with E-state index in [4.69, 9.17) is 14.2 Å². The minimum Gasteiger partial charge on any atom is -0.497 e. The van der Waals surface area contributed by atoms with Gasteiger partial charge in [-0.1, -0.05) is 0 Å². The first-order valence-corrected chi connectivity index (χ1v) is 9.30. The number of methoxy groups -OCH3 is 3. The first-order valence-electron chi connectivity index (χ1n) is 9.30. The van der Waals surface area contributed by atoms with Gasteiger partial charge in [0.1, 0.15) is 36.3 Å². The van der Waals surface area contributed by atoms with E-state index in [2.05, 4.69) is 10.1 Å². The second-order valence-corrected chi connectivity index (χ2v) is 6.73. The third-order valence-corrected chi connectivity index (χ3v) is 4.71. The van der Waals surface area contributed by atoms with Crippen molar-refractivity contribution < 1.29 is 23.8 Å². The molecule has 11 nitrogen and oxygen atoms in total. The highest BCUT2D eigenvalue weighted by molar-refractivity contribution is 5.82. The van der Waals surface area contributed by atoms with Crippen molar-refractivity contribution in [1.29, 1.82) is 0 Å². The van der Waals surface area contributed by atoms with Gasteiger partial charge in [0.15, 0.2) is 5.65 Å². The molecule has 0 fully saturated rings. The molecular formula is C20H23N5O6. The number of aromatic nitrogens is 4. The lowest BCUT2D eigenvalue weighted by atomic mass is 10.2. The molecule has 0 atom stereocenters. The molecular weight excluding hydrogens is 406 g/mol. The van der Waals surface area contributed by atoms with Crippen LogP contribution in [-0.2, 0) is 34.5 Å². The van der Waals surface area contributed by atoms with Crippen LogP contribution in [0.3, 0.4) is 0 Å². The second kappa shape index (κ2) is 9.28. The van der Waals surface area contributed by atoms with Gasteiger partial charge in [0.25, 0.3) is 5.56 Å². The Morgan fingerprint density at radius 3 is 2.39 bits per heavy atom. The zero-order valence-corrected chi connectivity index (χ0v) is 17.7. The largest absolute Gasteiger partial charge is 0.497 e. The van der Waals surface area contributed by atoms with Crippen LogP contribution in [0, 0.1) is 0 Å². The zero-order valence-electron chi connectivity index (χ0n) is 17.7. The Morgan fingerprint density at radius 1 is 1.10 bits per heavy atom. The smallest absolute Gasteiger partial charge is 0.325 e. The maximum Gasteiger partial charge on any atom is 0.325 e. The van der Waals surface area contributed by atoms with E-state index in [9.17, 15) is 14.4 Å². The Balaban J connectivity index is 1.88. The summed E-state index contributed by atoms with van der Waals surface area (Å²) < 4.78 is 17.9. The van der Waals surface area contributed by atoms with E-state index in [1.807, 2.05) is 0 Å². The first kappa shape index (κ1) is 21.8. The van der Waals surface area contributed by atoms with Gasteiger partial charge in [-0.05, 0) is 17.7 Å². The number of hydrogen-bond donors (Lipinski definition) is 0. The third kappa shape index (κ3) is 4.82. The van der Waals surface area contributed by atoms with Crippen molar-refractivity contribution in [2.75, 3.05) is 27.9 Å². The Bertz CT molecular complexity index is 1150. The van der Waals surface area contributed by atoms with Crippen molar-refractivity contribution in [3.63, 3.8) is 0 Å². The van der Waals surface area contributed by atoms with Crippen LogP contribution in [-0.4, -0.2) is 64.0 Å². The van der Waals surface area contributed by atoms with Crippen LogP contribution in [0.5, 0.6) is 11.5 Å². The lowest BCUT2D eigenvalue weighted by Crippen LogP contribution is -2.39. The summed E-state index contributed by atoms with van der Waals surface area (Å²) in [5.41, 5.74) is 0.706. The summed E-state index contributed by atoms with van der Waals surface area (Å²) in [4.78, 5) is 43.1. The van der Waals surface area contributed by atoms with Gasteiger partial charge >= 0.3 is 5.97 Å². The number of nitrogens with zero attached hydrogens (tertiary/aromatic N) is 5. The van der Waals surface area contributed by atoms with Crippen LogP contribution in [0.2, 0.25) is 0 Å². The second-order valence-electron chi connectivity index (χ2n) is 6.73. The number of benzene rings is 1. The van der Waals surface area contributed by atoms with Crippen LogP contribution in [0.4, 0.5) is 0 Å². The van der Waals surface area contributed by atoms with E-state index in [0.29, 0.717) is 28.1 Å². The number of ether oxygens (including phenoxy) is 3. The number of aryl methyl sites for hydroxylation is 1. The van der Waals surface area contributed by atoms with Crippen LogP contribution < -0.4 is 15.0 Å². The van der Waals surface area contributed by atoms with E-state index in [-0.39, 0.29) is 19.6 Å². The lowest BCUT2D eigenvalue weighted by molar-refractivity contribution is -0.147. The van der Waals surface area contributed by atoms with Crippen LogP contribution in [0.1, 0.15) is 5.56 Å². The van der Waals surface area contributed by atoms with Gasteiger partial charge < -0.3 is 19.1 Å². The number of hydrogen-bond acceptors (Lipinski definition) is 8. The third-order valence-electron chi connectivity index (χ3n) is 4.71. The zero-order chi connectivity index (χ0) is 22.5. The predicted molar refractivity (Wildman–Crippen MR) is 110 cm³/mol. The predicted octanol–water partition coefficient (Wildman–Crippen LogP) is 0.349. The highest BCUT2D eigenvalue weighted by Gasteiger charge is 2.20. The van der Waals surface area contributed by atoms with Crippen molar-refractivity contribution in [2.24, 2.45) is 7.05 Å². The van der Waals surface area contributed by atoms with E-state index in [0.717, 1.165) is 0 Å². The number of esters is 1. The van der Waals surface area contributed by atoms with E-state index >= 15 is 0 Å². The van der Waals surface area contributed by atoms with Crippen molar-refractivity contribution in [3.05, 3.63) is 46.6 Å². The first-order chi connectivity index (χ1) is 14.9. The van der Waals surface area contributed by atoms with E-state index in [1.54, 1.807) is 25.2 Å². The van der Waals surface area contributed by atoms with Crippen molar-refractivity contribution in [3.8, 4) is 11.5 Å². The van der Waals surface area contributed by atoms with Crippen LogP contribution in [0.25, 0.3) is 11.0 Å². The average molecular weight is 429 g/mol. The highest BCUT2D eigenvalue weighted by atomic mass is 16.5. The Labute approximate surface area is 177 Å². The summed E-state index contributed by atoms with van der Waals surface area (Å²) in [5.74, 6) is 0.0419. The van der Waals surface area contributed by atoms with Gasteiger partial charge in [-0.3, -0.25) is 23.6 Å². The fraction of sp³-hybridized carbons (Fsp3) is 0.350. The summed E-state index contributed by atoms with van der Waals surface area (Å²) in [7, 11) is 5.95. The van der Waals surface area contributed by atoms with E-state index < -0.39 is 17.4 Å². The standard InChI is InChI=1S/C20H23N5O6/c1-23-19-16(8-22-23)20(28)25(12-21-19)10-17(26)24(11-18(27)31-4)9-13-5-14(29-2)7-15(6-13)30-3/h5-8,12H,9-11H2,1-4H3. The Hall–Kier alpha value is -3.89. The maximum absolute atomic E-state index is 13.0. The Kier molecular flexibility index (Phi) is 6.53. The lowest BCUT2D eigenvalue weighted by Gasteiger charge is -2.22. The molecule has 0 saturated carbocycles. The highest BCUT2D eigenvalue weighted by Crippen LogP contribution is 2.23. The SMILES string of the molecule is COC(=O)CN(Cc1cc(OC)cc(OC)c1)C(=O)Cn1cnc2c(cnn2C)c1=O.